The molecule has 2 heterocycles. The molecule has 5 rings (SSSR count). The lowest BCUT2D eigenvalue weighted by Gasteiger charge is -2.10. The molecule has 0 bridgehead atoms. The number of pyridine rings is 1. The van der Waals surface area contributed by atoms with Crippen molar-refractivity contribution in [2.45, 2.75) is 6.92 Å². The summed E-state index contributed by atoms with van der Waals surface area (Å²) in [6.07, 6.45) is 4.72. The zero-order valence-corrected chi connectivity index (χ0v) is 18.8. The van der Waals surface area contributed by atoms with Crippen molar-refractivity contribution in [3.05, 3.63) is 111 Å². The summed E-state index contributed by atoms with van der Waals surface area (Å²) in [4.78, 5) is 26.1. The third-order valence-electron chi connectivity index (χ3n) is 5.44. The van der Waals surface area contributed by atoms with Crippen LogP contribution >= 0.6 is 11.6 Å². The molecule has 166 valence electrons. The van der Waals surface area contributed by atoms with Crippen LogP contribution < -0.4 is 5.43 Å². The van der Waals surface area contributed by atoms with Gasteiger partial charge in [-0.25, -0.2) is 0 Å². The van der Waals surface area contributed by atoms with E-state index in [1.54, 1.807) is 53.4 Å². The summed E-state index contributed by atoms with van der Waals surface area (Å²) in [6.45, 7) is 1.99. The molecule has 34 heavy (non-hydrogen) atoms. The summed E-state index contributed by atoms with van der Waals surface area (Å²) in [7, 11) is 0. The summed E-state index contributed by atoms with van der Waals surface area (Å²) in [5, 5.41) is 13.1. The molecule has 0 atom stereocenters. The van der Waals surface area contributed by atoms with Gasteiger partial charge in [0.1, 0.15) is 0 Å². The molecule has 0 aliphatic heterocycles. The first-order valence-corrected chi connectivity index (χ1v) is 10.9. The second-order valence-electron chi connectivity index (χ2n) is 7.73. The molecule has 0 aliphatic carbocycles. The minimum atomic E-state index is -0.201. The van der Waals surface area contributed by atoms with Crippen molar-refractivity contribution in [3.63, 3.8) is 0 Å². The average molecular weight is 468 g/mol. The third-order valence-corrected chi connectivity index (χ3v) is 5.70. The van der Waals surface area contributed by atoms with Crippen LogP contribution in [0.25, 0.3) is 34.2 Å². The van der Waals surface area contributed by atoms with Crippen molar-refractivity contribution in [1.82, 2.24) is 24.8 Å². The van der Waals surface area contributed by atoms with Gasteiger partial charge in [0.25, 0.3) is 0 Å². The van der Waals surface area contributed by atoms with Crippen molar-refractivity contribution >= 4 is 34.5 Å². The molecule has 0 N–H and O–H groups in total. The fraction of sp³-hybridized carbons (Fsp3) is 0.0385. The lowest BCUT2D eigenvalue weighted by Crippen LogP contribution is -2.13. The van der Waals surface area contributed by atoms with Gasteiger partial charge in [-0.05, 0) is 65.9 Å². The van der Waals surface area contributed by atoms with Crippen LogP contribution in [0, 0.1) is 6.92 Å². The van der Waals surface area contributed by atoms with Crippen molar-refractivity contribution < 1.29 is 4.79 Å². The third kappa shape index (κ3) is 4.04. The number of halogens is 1. The van der Waals surface area contributed by atoms with E-state index in [-0.39, 0.29) is 11.2 Å². The Labute approximate surface area is 199 Å². The van der Waals surface area contributed by atoms with Crippen LogP contribution in [0.15, 0.2) is 89.9 Å². The fourth-order valence-corrected chi connectivity index (χ4v) is 3.79. The number of allylic oxidation sites excluding steroid dienone is 1. The number of carbonyl (C=O) groups is 1. The van der Waals surface area contributed by atoms with Crippen LogP contribution in [-0.4, -0.2) is 30.6 Å². The SMILES string of the molecule is Cc1ccc(-n2nnnc2-c2cn(/C=C/C(=O)c3ccc(Cl)cc3)c3ccccc3c2=O)cc1. The van der Waals surface area contributed by atoms with Crippen LogP contribution in [0.2, 0.25) is 5.02 Å². The molecule has 7 nitrogen and oxygen atoms in total. The number of para-hydroxylation sites is 1. The van der Waals surface area contributed by atoms with Crippen molar-refractivity contribution in [3.8, 4) is 17.1 Å². The minimum Gasteiger partial charge on any atom is -0.322 e. The van der Waals surface area contributed by atoms with Crippen LogP contribution in [-0.2, 0) is 0 Å². The van der Waals surface area contributed by atoms with Gasteiger partial charge >= 0.3 is 0 Å². The largest absolute Gasteiger partial charge is 0.322 e. The summed E-state index contributed by atoms with van der Waals surface area (Å²) >= 11 is 5.92. The molecule has 0 radical (unpaired) electrons. The van der Waals surface area contributed by atoms with Gasteiger partial charge in [-0.2, -0.15) is 4.68 Å². The van der Waals surface area contributed by atoms with Gasteiger partial charge in [-0.1, -0.05) is 41.4 Å². The van der Waals surface area contributed by atoms with Crippen LogP contribution in [0.5, 0.6) is 0 Å². The quantitative estimate of drug-likeness (QED) is 0.269. The Morgan fingerprint density at radius 3 is 2.47 bits per heavy atom. The number of ketones is 1. The summed E-state index contributed by atoms with van der Waals surface area (Å²) < 4.78 is 3.26. The number of nitrogens with zero attached hydrogens (tertiary/aromatic N) is 5. The molecule has 5 aromatic rings. The van der Waals surface area contributed by atoms with E-state index in [0.29, 0.717) is 32.9 Å². The van der Waals surface area contributed by atoms with E-state index in [9.17, 15) is 9.59 Å². The Hall–Kier alpha value is -4.36. The van der Waals surface area contributed by atoms with Gasteiger partial charge in [0, 0.05) is 34.4 Å². The standard InChI is InChI=1S/C26H18ClN5O2/c1-17-6-12-20(13-7-17)32-26(28-29-30-32)22-16-31(23-5-3-2-4-21(23)25(22)34)15-14-24(33)18-8-10-19(27)11-9-18/h2-16H,1H3/b15-14+. The highest BCUT2D eigenvalue weighted by Gasteiger charge is 2.17. The van der Waals surface area contributed by atoms with E-state index in [4.69, 9.17) is 11.6 Å². The maximum Gasteiger partial charge on any atom is 0.200 e. The van der Waals surface area contributed by atoms with E-state index in [2.05, 4.69) is 15.5 Å². The number of fused-ring (bicyclic) bond motifs is 1. The molecule has 8 heteroatoms. The van der Waals surface area contributed by atoms with Crippen LogP contribution in [0.4, 0.5) is 0 Å². The highest BCUT2D eigenvalue weighted by Crippen LogP contribution is 2.21. The monoisotopic (exact) mass is 467 g/mol. The van der Waals surface area contributed by atoms with E-state index < -0.39 is 0 Å². The molecule has 0 unspecified atom stereocenters. The molecule has 0 saturated heterocycles. The number of aromatic nitrogens is 5. The maximum absolute atomic E-state index is 13.4. The zero-order chi connectivity index (χ0) is 23.7. The van der Waals surface area contributed by atoms with Crippen molar-refractivity contribution in [2.75, 3.05) is 0 Å². The number of aryl methyl sites for hydroxylation is 1. The van der Waals surface area contributed by atoms with E-state index >= 15 is 0 Å². The van der Waals surface area contributed by atoms with E-state index in [0.717, 1.165) is 11.3 Å². The Balaban J connectivity index is 1.63. The smallest absolute Gasteiger partial charge is 0.200 e. The number of hydrogen-bond acceptors (Lipinski definition) is 5. The lowest BCUT2D eigenvalue weighted by atomic mass is 10.1. The molecule has 0 saturated carbocycles. The summed E-state index contributed by atoms with van der Waals surface area (Å²) in [6, 6.07) is 21.5. The molecule has 0 aliphatic rings. The fourth-order valence-electron chi connectivity index (χ4n) is 3.66. The Morgan fingerprint density at radius 1 is 0.971 bits per heavy atom. The minimum absolute atomic E-state index is 0.189. The summed E-state index contributed by atoms with van der Waals surface area (Å²) in [5.74, 6) is 0.122. The van der Waals surface area contributed by atoms with Gasteiger partial charge in [0.15, 0.2) is 11.6 Å². The Bertz CT molecular complexity index is 1600. The second-order valence-corrected chi connectivity index (χ2v) is 8.17. The van der Waals surface area contributed by atoms with Gasteiger partial charge < -0.3 is 4.57 Å². The van der Waals surface area contributed by atoms with Gasteiger partial charge in [-0.3, -0.25) is 9.59 Å². The highest BCUT2D eigenvalue weighted by molar-refractivity contribution is 6.30. The number of rotatable bonds is 5. The van der Waals surface area contributed by atoms with Crippen molar-refractivity contribution in [1.29, 1.82) is 0 Å². The lowest BCUT2D eigenvalue weighted by molar-refractivity contribution is 0.104. The highest BCUT2D eigenvalue weighted by atomic mass is 35.5. The number of benzene rings is 3. The van der Waals surface area contributed by atoms with E-state index in [1.807, 2.05) is 43.3 Å². The Kier molecular flexibility index (Phi) is 5.61. The number of tetrazole rings is 1. The van der Waals surface area contributed by atoms with Crippen molar-refractivity contribution in [2.24, 2.45) is 0 Å². The predicted molar refractivity (Wildman–Crippen MR) is 132 cm³/mol. The first-order valence-electron chi connectivity index (χ1n) is 10.5. The van der Waals surface area contributed by atoms with Gasteiger partial charge in [-0.15, -0.1) is 5.10 Å². The zero-order valence-electron chi connectivity index (χ0n) is 18.1. The number of carbonyl (C=O) groups excluding carboxylic acids is 1. The molecule has 2 aromatic heterocycles. The summed E-state index contributed by atoms with van der Waals surface area (Å²) in [5.41, 5.74) is 3.11. The van der Waals surface area contributed by atoms with E-state index in [1.165, 1.54) is 10.8 Å². The molecule has 0 fully saturated rings. The first-order chi connectivity index (χ1) is 16.5. The maximum atomic E-state index is 13.4. The predicted octanol–water partition coefficient (Wildman–Crippen LogP) is 4.96. The van der Waals surface area contributed by atoms with Crippen LogP contribution in [0.1, 0.15) is 15.9 Å². The van der Waals surface area contributed by atoms with Crippen LogP contribution in [0.3, 0.4) is 0 Å². The molecular weight excluding hydrogens is 450 g/mol. The topological polar surface area (TPSA) is 82.7 Å². The second kappa shape index (κ2) is 8.88. The van der Waals surface area contributed by atoms with Gasteiger partial charge in [0.05, 0.1) is 16.8 Å². The molecular formula is C26H18ClN5O2. The normalized spacial score (nSPS) is 11.4. The first kappa shape index (κ1) is 21.5. The van der Waals surface area contributed by atoms with Gasteiger partial charge in [0.2, 0.25) is 5.43 Å². The Morgan fingerprint density at radius 2 is 1.71 bits per heavy atom. The number of hydrogen-bond donors (Lipinski definition) is 0. The average Bonchev–Trinajstić information content (AvgIpc) is 3.34. The molecule has 3 aromatic carbocycles. The molecule has 0 spiro atoms. The molecule has 0 amide bonds.